The molecule has 2 fully saturated rings. The minimum atomic E-state index is -1.17. The Morgan fingerprint density at radius 2 is 1.57 bits per heavy atom. The van der Waals surface area contributed by atoms with Gasteiger partial charge in [-0.15, -0.1) is 0 Å². The van der Waals surface area contributed by atoms with Crippen molar-refractivity contribution >= 4 is 11.9 Å². The van der Waals surface area contributed by atoms with Gasteiger partial charge in [-0.25, -0.2) is 9.97 Å². The van der Waals surface area contributed by atoms with Crippen LogP contribution in [0, 0.1) is 0 Å². The third kappa shape index (κ3) is 9.20. The second kappa shape index (κ2) is 16.6. The van der Waals surface area contributed by atoms with Gasteiger partial charge in [-0.1, -0.05) is 88.1 Å². The molecule has 0 radical (unpaired) electrons. The number of carbonyl (C=O) groups excluding carboxylic acids is 1. The molecule has 6 rings (SSSR count). The number of aliphatic hydroxyl groups excluding tert-OH is 1. The molecule has 3 N–H and O–H groups in total. The lowest BCUT2D eigenvalue weighted by atomic mass is 9.97. The maximum Gasteiger partial charge on any atom is 0.320 e. The van der Waals surface area contributed by atoms with Crippen LogP contribution in [0.25, 0.3) is 22.5 Å². The van der Waals surface area contributed by atoms with E-state index in [1.165, 1.54) is 31.2 Å². The van der Waals surface area contributed by atoms with Crippen molar-refractivity contribution in [3.63, 3.8) is 0 Å². The van der Waals surface area contributed by atoms with Crippen LogP contribution in [-0.4, -0.2) is 68.4 Å². The quantitative estimate of drug-likeness (QED) is 0.0979. The average molecular weight is 691 g/mol. The van der Waals surface area contributed by atoms with Gasteiger partial charge in [0, 0.05) is 35.6 Å². The number of rotatable bonds is 17. The Hall–Kier alpha value is -4.60. The number of nitrogens with zero attached hydrogens (tertiary/aromatic N) is 3. The molecular weight excluding hydrogens is 640 g/mol. The van der Waals surface area contributed by atoms with E-state index in [1.807, 2.05) is 85.2 Å². The van der Waals surface area contributed by atoms with Gasteiger partial charge in [0.05, 0.1) is 12.6 Å². The Bertz CT molecular complexity index is 1740. The number of nitrogens with one attached hydrogen (secondary N) is 1. The first-order chi connectivity index (χ1) is 24.7. The first-order valence-electron chi connectivity index (χ1n) is 18.5. The van der Waals surface area contributed by atoms with Gasteiger partial charge in [-0.05, 0) is 84.9 Å². The molecule has 1 amide bonds. The monoisotopic (exact) mass is 690 g/mol. The van der Waals surface area contributed by atoms with Crippen molar-refractivity contribution in [1.82, 2.24) is 20.2 Å². The molecule has 0 bridgehead atoms. The number of amides is 1. The van der Waals surface area contributed by atoms with Gasteiger partial charge in [-0.3, -0.25) is 14.5 Å². The van der Waals surface area contributed by atoms with Crippen LogP contribution in [0.2, 0.25) is 0 Å². The van der Waals surface area contributed by atoms with Crippen LogP contribution in [0.15, 0.2) is 85.2 Å². The van der Waals surface area contributed by atoms with Gasteiger partial charge < -0.3 is 20.3 Å². The molecule has 9 nitrogen and oxygen atoms in total. The number of unbranched alkanes of at least 4 members (excludes halogenated alkanes) is 4. The lowest BCUT2D eigenvalue weighted by Gasteiger charge is -2.33. The number of hydrogen-bond donors (Lipinski definition) is 3. The number of aromatic nitrogens is 2. The molecule has 268 valence electrons. The van der Waals surface area contributed by atoms with Crippen LogP contribution >= 0.6 is 0 Å². The third-order valence-corrected chi connectivity index (χ3v) is 10.5. The molecule has 1 aliphatic heterocycles. The number of carboxylic acid groups (broad SMARTS) is 1. The summed E-state index contributed by atoms with van der Waals surface area (Å²) >= 11 is 0. The van der Waals surface area contributed by atoms with E-state index in [0.29, 0.717) is 37.2 Å². The lowest BCUT2D eigenvalue weighted by molar-refractivity contribution is -0.147. The average Bonchev–Trinajstić information content (AvgIpc) is 3.71. The molecule has 2 aliphatic rings. The Morgan fingerprint density at radius 1 is 0.902 bits per heavy atom. The van der Waals surface area contributed by atoms with Gasteiger partial charge in [0.2, 0.25) is 0 Å². The molecule has 2 heterocycles. The first-order valence-corrected chi connectivity index (χ1v) is 18.5. The molecule has 1 aliphatic carbocycles. The topological polar surface area (TPSA) is 125 Å². The number of benzene rings is 3. The standard InChI is InChI=1S/C42H50N4O5/c1-3-4-5-6-7-25-51-35-20-16-30(17-21-35)33-27-43-38(44-28-33)31-12-10-29(11-13-31)26-36(40(48)46-24-8-9-37(46)41(49)50)45-39(47)32-14-18-34(19-15-32)42(2)22-23-42/h10-21,27-28,36-37,40,48H,3-9,22-26H2,1-2H3,(H,45,47)(H,49,50)/t36-,37-,40?/m0/s1. The fourth-order valence-corrected chi connectivity index (χ4v) is 6.89. The van der Waals surface area contributed by atoms with E-state index in [2.05, 4.69) is 29.1 Å². The molecule has 9 heteroatoms. The maximum absolute atomic E-state index is 13.4. The summed E-state index contributed by atoms with van der Waals surface area (Å²) in [6, 6.07) is 21.9. The van der Waals surface area contributed by atoms with Crippen LogP contribution in [0.3, 0.4) is 0 Å². The van der Waals surface area contributed by atoms with Crippen LogP contribution in [-0.2, 0) is 16.6 Å². The largest absolute Gasteiger partial charge is 0.494 e. The highest BCUT2D eigenvalue weighted by Crippen LogP contribution is 2.47. The second-order valence-corrected chi connectivity index (χ2v) is 14.3. The third-order valence-electron chi connectivity index (χ3n) is 10.5. The van der Waals surface area contributed by atoms with E-state index in [0.717, 1.165) is 53.9 Å². The van der Waals surface area contributed by atoms with Crippen molar-refractivity contribution in [2.24, 2.45) is 0 Å². The Morgan fingerprint density at radius 3 is 2.22 bits per heavy atom. The molecule has 1 aromatic heterocycles. The van der Waals surface area contributed by atoms with Crippen LogP contribution < -0.4 is 10.1 Å². The zero-order valence-corrected chi connectivity index (χ0v) is 29.8. The summed E-state index contributed by atoms with van der Waals surface area (Å²) in [4.78, 5) is 36.2. The summed E-state index contributed by atoms with van der Waals surface area (Å²) in [5.41, 5.74) is 5.56. The fraction of sp³-hybridized carbons (Fsp3) is 0.429. The number of carboxylic acids is 1. The zero-order chi connectivity index (χ0) is 35.8. The van der Waals surface area contributed by atoms with Crippen molar-refractivity contribution < 1.29 is 24.5 Å². The van der Waals surface area contributed by atoms with E-state index >= 15 is 0 Å². The second-order valence-electron chi connectivity index (χ2n) is 14.3. The normalized spacial score (nSPS) is 17.8. The van der Waals surface area contributed by atoms with Crippen molar-refractivity contribution in [1.29, 1.82) is 0 Å². The summed E-state index contributed by atoms with van der Waals surface area (Å²) in [6.45, 7) is 5.62. The van der Waals surface area contributed by atoms with Gasteiger partial charge in [0.25, 0.3) is 5.91 Å². The van der Waals surface area contributed by atoms with Gasteiger partial charge >= 0.3 is 5.97 Å². The van der Waals surface area contributed by atoms with Crippen LogP contribution in [0.1, 0.15) is 93.1 Å². The highest BCUT2D eigenvalue weighted by Gasteiger charge is 2.40. The smallest absolute Gasteiger partial charge is 0.320 e. The van der Waals surface area contributed by atoms with Crippen molar-refractivity contribution in [2.45, 2.75) is 102 Å². The summed E-state index contributed by atoms with van der Waals surface area (Å²) in [5.74, 6) is 0.178. The molecule has 3 aromatic carbocycles. The lowest BCUT2D eigenvalue weighted by Crippen LogP contribution is -2.55. The van der Waals surface area contributed by atoms with E-state index in [-0.39, 0.29) is 11.3 Å². The zero-order valence-electron chi connectivity index (χ0n) is 29.8. The minimum Gasteiger partial charge on any atom is -0.494 e. The molecule has 1 saturated carbocycles. The van der Waals surface area contributed by atoms with Crippen molar-refractivity contribution in [3.05, 3.63) is 102 Å². The number of likely N-dealkylation sites (tertiary alicyclic amines) is 1. The highest BCUT2D eigenvalue weighted by atomic mass is 16.5. The van der Waals surface area contributed by atoms with E-state index in [4.69, 9.17) is 4.74 Å². The number of aliphatic hydroxyl groups is 1. The van der Waals surface area contributed by atoms with Gasteiger partial charge in [-0.2, -0.15) is 0 Å². The molecule has 1 saturated heterocycles. The molecule has 4 aromatic rings. The number of aliphatic carboxylic acids is 1. The van der Waals surface area contributed by atoms with Crippen molar-refractivity contribution in [3.8, 4) is 28.3 Å². The maximum atomic E-state index is 13.4. The fourth-order valence-electron chi connectivity index (χ4n) is 6.89. The van der Waals surface area contributed by atoms with Crippen LogP contribution in [0.5, 0.6) is 5.75 Å². The molecule has 0 spiro atoms. The Labute approximate surface area is 301 Å². The summed E-state index contributed by atoms with van der Waals surface area (Å²) < 4.78 is 5.90. The SMILES string of the molecule is CCCCCCCOc1ccc(-c2cnc(-c3ccc(C[C@H](NC(=O)c4ccc(C5(C)CC5)cc4)C(O)N4CCC[C@H]4C(=O)O)cc3)nc2)cc1. The number of ether oxygens (including phenoxy) is 1. The highest BCUT2D eigenvalue weighted by molar-refractivity contribution is 5.94. The van der Waals surface area contributed by atoms with E-state index in [9.17, 15) is 19.8 Å². The van der Waals surface area contributed by atoms with Gasteiger partial charge in [0.15, 0.2) is 5.82 Å². The van der Waals surface area contributed by atoms with Gasteiger partial charge in [0.1, 0.15) is 18.0 Å². The van der Waals surface area contributed by atoms with Crippen molar-refractivity contribution in [2.75, 3.05) is 13.2 Å². The van der Waals surface area contributed by atoms with E-state index < -0.39 is 24.3 Å². The Balaban J connectivity index is 1.10. The summed E-state index contributed by atoms with van der Waals surface area (Å²) in [5, 5.41) is 24.3. The first kappa shape index (κ1) is 36.2. The van der Waals surface area contributed by atoms with E-state index in [1.54, 1.807) is 4.90 Å². The molecule has 51 heavy (non-hydrogen) atoms. The minimum absolute atomic E-state index is 0.198. The number of carbonyl (C=O) groups is 2. The summed E-state index contributed by atoms with van der Waals surface area (Å²) in [6.07, 6.45) is 12.2. The molecular formula is C42H50N4O5. The molecule has 1 unspecified atom stereocenters. The number of hydrogen-bond acceptors (Lipinski definition) is 7. The predicted octanol–water partition coefficient (Wildman–Crippen LogP) is 7.42. The summed E-state index contributed by atoms with van der Waals surface area (Å²) in [7, 11) is 0. The van der Waals surface area contributed by atoms with Crippen LogP contribution in [0.4, 0.5) is 0 Å². The predicted molar refractivity (Wildman–Crippen MR) is 199 cm³/mol. The Kier molecular flexibility index (Phi) is 11.8. The molecule has 3 atom stereocenters.